The Labute approximate surface area is 264 Å². The molecule has 4 rings (SSSR count). The van der Waals surface area contributed by atoms with Gasteiger partial charge in [-0.05, 0) is 47.2 Å². The summed E-state index contributed by atoms with van der Waals surface area (Å²) in [5, 5.41) is 0. The predicted molar refractivity (Wildman–Crippen MR) is 174 cm³/mol. The SMILES string of the molecule is CC(C)COC(=O)Cc1ccc(N2C(=O)/C(=C3\SC(=S)N(c4ccc(CC(=O)OCC(C)C)cc4)C3=O)SC2=S)cc1. The van der Waals surface area contributed by atoms with Gasteiger partial charge in [-0.15, -0.1) is 0 Å². The lowest BCUT2D eigenvalue weighted by molar-refractivity contribution is -0.144. The molecular formula is C30H30N2O6S4. The molecule has 12 heteroatoms. The lowest BCUT2D eigenvalue weighted by atomic mass is 10.1. The van der Waals surface area contributed by atoms with Gasteiger partial charge in [-0.2, -0.15) is 0 Å². The summed E-state index contributed by atoms with van der Waals surface area (Å²) in [6.07, 6.45) is 0.244. The highest BCUT2D eigenvalue weighted by Gasteiger charge is 2.43. The van der Waals surface area contributed by atoms with Gasteiger partial charge in [0.2, 0.25) is 0 Å². The minimum atomic E-state index is -0.412. The Balaban J connectivity index is 1.45. The number of thiocarbonyl (C=S) groups is 2. The minimum absolute atomic E-state index is 0.122. The standard InChI is InChI=1S/C30H30N2O6S4/c1-17(2)15-37-23(33)13-19-5-9-21(10-6-19)31-27(35)25(41-29(31)39)26-28(36)32(30(40)42-26)22-11-7-20(8-12-22)14-24(34)38-16-18(3)4/h5-12,17-18H,13-16H2,1-4H3/b26-25+. The Morgan fingerprint density at radius 2 is 1.00 bits per heavy atom. The molecule has 0 N–H and O–H groups in total. The smallest absolute Gasteiger partial charge is 0.310 e. The topological polar surface area (TPSA) is 93.2 Å². The molecule has 0 radical (unpaired) electrons. The average Bonchev–Trinajstić information content (AvgIpc) is 3.40. The van der Waals surface area contributed by atoms with Crippen molar-refractivity contribution in [2.75, 3.05) is 23.0 Å². The molecule has 2 amide bonds. The third-order valence-electron chi connectivity index (χ3n) is 5.99. The second-order valence-electron chi connectivity index (χ2n) is 10.5. The van der Waals surface area contributed by atoms with Crippen LogP contribution in [0.3, 0.4) is 0 Å². The molecule has 0 bridgehead atoms. The highest BCUT2D eigenvalue weighted by Crippen LogP contribution is 2.44. The molecule has 220 valence electrons. The zero-order chi connectivity index (χ0) is 30.6. The van der Waals surface area contributed by atoms with Crippen LogP contribution in [0, 0.1) is 11.8 Å². The number of carbonyl (C=O) groups is 4. The number of nitrogens with zero attached hydrogens (tertiary/aromatic N) is 2. The number of anilines is 2. The Hall–Kier alpha value is -3.06. The maximum atomic E-state index is 13.5. The van der Waals surface area contributed by atoms with E-state index in [1.165, 1.54) is 9.80 Å². The summed E-state index contributed by atoms with van der Waals surface area (Å²) in [4.78, 5) is 54.2. The molecule has 2 aromatic rings. The second kappa shape index (κ2) is 13.9. The molecule has 2 aliphatic rings. The first-order chi connectivity index (χ1) is 19.9. The summed E-state index contributed by atoms with van der Waals surface area (Å²) in [5.74, 6) is -0.952. The summed E-state index contributed by atoms with van der Waals surface area (Å²) in [7, 11) is 0. The maximum Gasteiger partial charge on any atom is 0.310 e. The molecule has 2 saturated heterocycles. The van der Waals surface area contributed by atoms with Gasteiger partial charge in [-0.3, -0.25) is 29.0 Å². The minimum Gasteiger partial charge on any atom is -0.465 e. The molecular weight excluding hydrogens is 613 g/mol. The molecule has 8 nitrogen and oxygen atoms in total. The van der Waals surface area contributed by atoms with E-state index in [4.69, 9.17) is 33.9 Å². The van der Waals surface area contributed by atoms with Gasteiger partial charge < -0.3 is 9.47 Å². The quantitative estimate of drug-likeness (QED) is 0.180. The highest BCUT2D eigenvalue weighted by molar-refractivity contribution is 8.30. The Morgan fingerprint density at radius 3 is 1.31 bits per heavy atom. The Morgan fingerprint density at radius 1 is 0.667 bits per heavy atom. The fraction of sp³-hybridized carbons (Fsp3) is 0.333. The maximum absolute atomic E-state index is 13.5. The van der Waals surface area contributed by atoms with Crippen LogP contribution in [-0.4, -0.2) is 45.6 Å². The zero-order valence-electron chi connectivity index (χ0n) is 23.6. The molecule has 2 heterocycles. The number of thioether (sulfide) groups is 2. The number of rotatable bonds is 10. The highest BCUT2D eigenvalue weighted by atomic mass is 32.2. The summed E-state index contributed by atoms with van der Waals surface area (Å²) in [6.45, 7) is 8.60. The lowest BCUT2D eigenvalue weighted by Crippen LogP contribution is -2.29. The largest absolute Gasteiger partial charge is 0.465 e. The fourth-order valence-electron chi connectivity index (χ4n) is 3.93. The van der Waals surface area contributed by atoms with E-state index in [2.05, 4.69) is 0 Å². The summed E-state index contributed by atoms with van der Waals surface area (Å²) in [5.41, 5.74) is 2.56. The van der Waals surface area contributed by atoms with Crippen LogP contribution in [0.5, 0.6) is 0 Å². The van der Waals surface area contributed by atoms with Gasteiger partial charge >= 0.3 is 11.9 Å². The van der Waals surface area contributed by atoms with Crippen LogP contribution in [0.15, 0.2) is 58.3 Å². The van der Waals surface area contributed by atoms with Crippen molar-refractivity contribution in [2.24, 2.45) is 11.8 Å². The van der Waals surface area contributed by atoms with Crippen molar-refractivity contribution in [3.63, 3.8) is 0 Å². The molecule has 2 aliphatic heterocycles. The molecule has 0 saturated carbocycles. The van der Waals surface area contributed by atoms with Gasteiger partial charge in [-0.1, -0.05) is 99.9 Å². The van der Waals surface area contributed by atoms with E-state index >= 15 is 0 Å². The molecule has 0 spiro atoms. The van der Waals surface area contributed by atoms with Crippen molar-refractivity contribution >= 4 is 91.7 Å². The van der Waals surface area contributed by atoms with Gasteiger partial charge in [0, 0.05) is 0 Å². The van der Waals surface area contributed by atoms with E-state index in [9.17, 15) is 19.2 Å². The number of amides is 2. The third kappa shape index (κ3) is 7.66. The van der Waals surface area contributed by atoms with Crippen molar-refractivity contribution in [1.29, 1.82) is 0 Å². The second-order valence-corrected chi connectivity index (χ2v) is 13.8. The van der Waals surface area contributed by atoms with Crippen LogP contribution < -0.4 is 9.80 Å². The summed E-state index contributed by atoms with van der Waals surface area (Å²) >= 11 is 13.1. The molecule has 0 aliphatic carbocycles. The zero-order valence-corrected chi connectivity index (χ0v) is 26.8. The monoisotopic (exact) mass is 642 g/mol. The van der Waals surface area contributed by atoms with Crippen LogP contribution in [0.2, 0.25) is 0 Å². The third-order valence-corrected chi connectivity index (χ3v) is 8.86. The first kappa shape index (κ1) is 31.9. The van der Waals surface area contributed by atoms with Crippen LogP contribution in [0.4, 0.5) is 11.4 Å². The molecule has 0 atom stereocenters. The molecule has 2 fully saturated rings. The van der Waals surface area contributed by atoms with E-state index in [0.29, 0.717) is 24.6 Å². The number of esters is 2. The van der Waals surface area contributed by atoms with Crippen LogP contribution in [-0.2, 0) is 41.5 Å². The van der Waals surface area contributed by atoms with E-state index in [1.54, 1.807) is 48.5 Å². The van der Waals surface area contributed by atoms with E-state index < -0.39 is 11.8 Å². The van der Waals surface area contributed by atoms with Crippen molar-refractivity contribution < 1.29 is 28.7 Å². The van der Waals surface area contributed by atoms with Crippen molar-refractivity contribution in [3.8, 4) is 0 Å². The van der Waals surface area contributed by atoms with Gasteiger partial charge in [-0.25, -0.2) is 0 Å². The summed E-state index contributed by atoms with van der Waals surface area (Å²) < 4.78 is 11.1. The fourth-order valence-corrected chi connectivity index (χ4v) is 6.69. The van der Waals surface area contributed by atoms with E-state index in [-0.39, 0.29) is 55.1 Å². The van der Waals surface area contributed by atoms with Gasteiger partial charge in [0.05, 0.1) is 47.2 Å². The first-order valence-electron chi connectivity index (χ1n) is 13.3. The van der Waals surface area contributed by atoms with Crippen molar-refractivity contribution in [1.82, 2.24) is 0 Å². The first-order valence-corrected chi connectivity index (χ1v) is 15.8. The molecule has 42 heavy (non-hydrogen) atoms. The number of benzene rings is 2. The Bertz CT molecular complexity index is 1340. The van der Waals surface area contributed by atoms with Gasteiger partial charge in [0.1, 0.15) is 0 Å². The number of hydrogen-bond donors (Lipinski definition) is 0. The summed E-state index contributed by atoms with van der Waals surface area (Å²) in [6, 6.07) is 13.8. The Kier molecular flexibility index (Phi) is 10.6. The lowest BCUT2D eigenvalue weighted by Gasteiger charge is -2.15. The van der Waals surface area contributed by atoms with E-state index in [0.717, 1.165) is 34.7 Å². The molecule has 0 aromatic heterocycles. The van der Waals surface area contributed by atoms with Gasteiger partial charge in [0.15, 0.2) is 8.64 Å². The van der Waals surface area contributed by atoms with Crippen LogP contribution >= 0.6 is 48.0 Å². The van der Waals surface area contributed by atoms with E-state index in [1.807, 2.05) is 27.7 Å². The van der Waals surface area contributed by atoms with Gasteiger partial charge in [0.25, 0.3) is 11.8 Å². The average molecular weight is 643 g/mol. The van der Waals surface area contributed by atoms with Crippen LogP contribution in [0.1, 0.15) is 38.8 Å². The van der Waals surface area contributed by atoms with Crippen molar-refractivity contribution in [3.05, 3.63) is 69.5 Å². The molecule has 2 aromatic carbocycles. The molecule has 0 unspecified atom stereocenters. The van der Waals surface area contributed by atoms with Crippen molar-refractivity contribution in [2.45, 2.75) is 40.5 Å². The normalized spacial score (nSPS) is 17.2. The number of hydrogen-bond acceptors (Lipinski definition) is 10. The van der Waals surface area contributed by atoms with Crippen LogP contribution in [0.25, 0.3) is 0 Å². The predicted octanol–water partition coefficient (Wildman–Crippen LogP) is 5.81. The number of ether oxygens (including phenoxy) is 2. The number of carbonyl (C=O) groups excluding carboxylic acids is 4.